The predicted molar refractivity (Wildman–Crippen MR) is 89.3 cm³/mol. The fraction of sp³-hybridized carbons (Fsp3) is 0.333. The van der Waals surface area contributed by atoms with Crippen LogP contribution in [0, 0.1) is 11.6 Å². The third-order valence-electron chi connectivity index (χ3n) is 4.55. The van der Waals surface area contributed by atoms with Crippen molar-refractivity contribution < 1.29 is 30.9 Å². The van der Waals surface area contributed by atoms with Crippen LogP contribution in [0.3, 0.4) is 0 Å². The highest BCUT2D eigenvalue weighted by atomic mass is 32.2. The summed E-state index contributed by atoms with van der Waals surface area (Å²) in [7, 11) is -3.69. The van der Waals surface area contributed by atoms with E-state index in [-0.39, 0.29) is 23.9 Å². The number of benzene rings is 2. The molecule has 0 amide bonds. The Labute approximate surface area is 149 Å². The second-order valence-electron chi connectivity index (χ2n) is 6.46. The summed E-state index contributed by atoms with van der Waals surface area (Å²) in [5, 5.41) is 0. The highest BCUT2D eigenvalue weighted by Crippen LogP contribution is 2.41. The minimum Gasteiger partial charge on any atom is -0.488 e. The summed E-state index contributed by atoms with van der Waals surface area (Å²) in [6, 6.07) is 5.84. The van der Waals surface area contributed by atoms with Crippen LogP contribution < -0.4 is 4.74 Å². The van der Waals surface area contributed by atoms with E-state index in [1.54, 1.807) is 6.07 Å². The van der Waals surface area contributed by atoms with Crippen LogP contribution in [0.5, 0.6) is 5.75 Å². The molecule has 2 heterocycles. The van der Waals surface area contributed by atoms with Crippen molar-refractivity contribution in [2.45, 2.75) is 19.1 Å². The van der Waals surface area contributed by atoms with E-state index in [2.05, 4.69) is 4.18 Å². The maximum Gasteiger partial charge on any atom is 0.264 e. The van der Waals surface area contributed by atoms with Gasteiger partial charge in [-0.3, -0.25) is 4.18 Å². The summed E-state index contributed by atoms with van der Waals surface area (Å²) < 4.78 is 66.4. The van der Waals surface area contributed by atoms with Gasteiger partial charge in [-0.25, -0.2) is 8.78 Å². The third kappa shape index (κ3) is 3.20. The lowest BCUT2D eigenvalue weighted by Gasteiger charge is -2.29. The number of hydrogen-bond acceptors (Lipinski definition) is 5. The molecule has 0 unspecified atom stereocenters. The topological polar surface area (TPSA) is 61.8 Å². The number of halogens is 2. The van der Waals surface area contributed by atoms with Gasteiger partial charge in [0.15, 0.2) is 0 Å². The Hall–Kier alpha value is -2.03. The predicted octanol–water partition coefficient (Wildman–Crippen LogP) is 3.11. The second-order valence-corrected chi connectivity index (χ2v) is 8.10. The highest BCUT2D eigenvalue weighted by Gasteiger charge is 2.28. The molecular formula is C18H16F2O5S. The fourth-order valence-corrected chi connectivity index (χ4v) is 3.43. The first kappa shape index (κ1) is 17.4. The van der Waals surface area contributed by atoms with Crippen LogP contribution in [0.4, 0.5) is 8.78 Å². The van der Waals surface area contributed by atoms with Crippen molar-refractivity contribution in [2.75, 3.05) is 19.5 Å². The molecule has 0 atom stereocenters. The molecule has 0 bridgehead atoms. The molecular weight excluding hydrogens is 366 g/mol. The van der Waals surface area contributed by atoms with Crippen molar-refractivity contribution in [2.24, 2.45) is 0 Å². The molecule has 5 nitrogen and oxygen atoms in total. The third-order valence-corrected chi connectivity index (χ3v) is 5.10. The molecule has 4 rings (SSSR count). The number of fused-ring (bicyclic) bond motifs is 3. The molecule has 26 heavy (non-hydrogen) atoms. The van der Waals surface area contributed by atoms with Crippen molar-refractivity contribution in [1.29, 1.82) is 0 Å². The van der Waals surface area contributed by atoms with Crippen LogP contribution in [0.15, 0.2) is 24.3 Å². The molecule has 2 aliphatic rings. The van der Waals surface area contributed by atoms with E-state index in [0.717, 1.165) is 6.26 Å². The summed E-state index contributed by atoms with van der Waals surface area (Å²) in [5.74, 6) is -0.517. The summed E-state index contributed by atoms with van der Waals surface area (Å²) in [6.07, 6.45) is 0.899. The smallest absolute Gasteiger partial charge is 0.264 e. The van der Waals surface area contributed by atoms with Gasteiger partial charge in [0.1, 0.15) is 24.0 Å². The van der Waals surface area contributed by atoms with Gasteiger partial charge in [0.05, 0.1) is 26.1 Å². The summed E-state index contributed by atoms with van der Waals surface area (Å²) in [6.45, 7) is 0.672. The van der Waals surface area contributed by atoms with Gasteiger partial charge in [0, 0.05) is 22.6 Å². The molecule has 0 N–H and O–H groups in total. The lowest BCUT2D eigenvalue weighted by Crippen LogP contribution is -2.26. The Morgan fingerprint density at radius 1 is 1.12 bits per heavy atom. The first-order valence-electron chi connectivity index (χ1n) is 8.02. The minimum atomic E-state index is -3.69. The molecule has 1 fully saturated rings. The van der Waals surface area contributed by atoms with Crippen LogP contribution in [0.1, 0.15) is 22.6 Å². The molecule has 0 saturated carbocycles. The minimum absolute atomic E-state index is 0.00104. The molecule has 8 heteroatoms. The first-order valence-corrected chi connectivity index (χ1v) is 9.83. The Morgan fingerprint density at radius 3 is 2.54 bits per heavy atom. The van der Waals surface area contributed by atoms with Crippen molar-refractivity contribution in [3.63, 3.8) is 0 Å². The molecule has 2 aliphatic heterocycles. The molecule has 0 aromatic heterocycles. The van der Waals surface area contributed by atoms with Crippen LogP contribution >= 0.6 is 0 Å². The maximum atomic E-state index is 14.4. The van der Waals surface area contributed by atoms with Crippen LogP contribution in [0.25, 0.3) is 11.1 Å². The van der Waals surface area contributed by atoms with Crippen molar-refractivity contribution in [3.8, 4) is 16.9 Å². The normalized spacial score (nSPS) is 16.4. The molecule has 0 aliphatic carbocycles. The van der Waals surface area contributed by atoms with Gasteiger partial charge in [-0.15, -0.1) is 0 Å². The molecule has 1 saturated heterocycles. The van der Waals surface area contributed by atoms with E-state index in [9.17, 15) is 17.2 Å². The van der Waals surface area contributed by atoms with Gasteiger partial charge < -0.3 is 9.47 Å². The Kier molecular flexibility index (Phi) is 4.21. The zero-order valence-electron chi connectivity index (χ0n) is 13.9. The SMILES string of the molecule is CS(=O)(=O)OCc1cc2c(cc1F)-c1cc(C3COC3)c(F)cc1CO2. The standard InChI is InChI=1S/C18H16F2O5S/c1-26(21,22)25-9-11-3-18-15(5-16(11)19)13-4-14(12-6-23-7-12)17(20)2-10(13)8-24-18/h2-5,12H,6-9H2,1H3. The van der Waals surface area contributed by atoms with E-state index in [1.807, 2.05) is 0 Å². The number of hydrogen-bond donors (Lipinski definition) is 0. The maximum absolute atomic E-state index is 14.4. The van der Waals surface area contributed by atoms with Crippen molar-refractivity contribution in [1.82, 2.24) is 0 Å². The molecule has 0 radical (unpaired) electrons. The van der Waals surface area contributed by atoms with Gasteiger partial charge in [0.2, 0.25) is 0 Å². The first-order chi connectivity index (χ1) is 12.3. The number of ether oxygens (including phenoxy) is 2. The average Bonchev–Trinajstić information content (AvgIpc) is 2.51. The van der Waals surface area contributed by atoms with Gasteiger partial charge in [-0.05, 0) is 35.4 Å². The van der Waals surface area contributed by atoms with E-state index < -0.39 is 22.5 Å². The summed E-state index contributed by atoms with van der Waals surface area (Å²) >= 11 is 0. The van der Waals surface area contributed by atoms with E-state index in [4.69, 9.17) is 9.47 Å². The van der Waals surface area contributed by atoms with Gasteiger partial charge in [0.25, 0.3) is 10.1 Å². The summed E-state index contributed by atoms with van der Waals surface area (Å²) in [5.41, 5.74) is 2.48. The van der Waals surface area contributed by atoms with Crippen LogP contribution in [-0.2, 0) is 32.3 Å². The largest absolute Gasteiger partial charge is 0.488 e. The van der Waals surface area contributed by atoms with E-state index in [0.29, 0.717) is 41.2 Å². The monoisotopic (exact) mass is 382 g/mol. The van der Waals surface area contributed by atoms with Crippen molar-refractivity contribution >= 4 is 10.1 Å². The lowest BCUT2D eigenvalue weighted by atomic mass is 9.89. The lowest BCUT2D eigenvalue weighted by molar-refractivity contribution is 0.00703. The molecule has 2 aromatic rings. The highest BCUT2D eigenvalue weighted by molar-refractivity contribution is 7.85. The zero-order valence-corrected chi connectivity index (χ0v) is 14.7. The van der Waals surface area contributed by atoms with Gasteiger partial charge >= 0.3 is 0 Å². The van der Waals surface area contributed by atoms with E-state index in [1.165, 1.54) is 18.2 Å². The Bertz CT molecular complexity index is 984. The quantitative estimate of drug-likeness (QED) is 0.761. The molecule has 138 valence electrons. The van der Waals surface area contributed by atoms with Crippen LogP contribution in [0.2, 0.25) is 0 Å². The van der Waals surface area contributed by atoms with Gasteiger partial charge in [-0.2, -0.15) is 8.42 Å². The Balaban J connectivity index is 1.74. The second kappa shape index (κ2) is 6.29. The van der Waals surface area contributed by atoms with Crippen LogP contribution in [-0.4, -0.2) is 27.9 Å². The number of rotatable bonds is 4. The van der Waals surface area contributed by atoms with Crippen molar-refractivity contribution in [3.05, 3.63) is 52.6 Å². The fourth-order valence-electron chi connectivity index (χ4n) is 3.09. The molecule has 0 spiro atoms. The Morgan fingerprint density at radius 2 is 1.88 bits per heavy atom. The average molecular weight is 382 g/mol. The summed E-state index contributed by atoms with van der Waals surface area (Å²) in [4.78, 5) is 0. The van der Waals surface area contributed by atoms with Gasteiger partial charge in [-0.1, -0.05) is 0 Å². The van der Waals surface area contributed by atoms with E-state index >= 15 is 0 Å². The zero-order chi connectivity index (χ0) is 18.5. The molecule has 2 aromatic carbocycles.